The minimum atomic E-state index is -0.417. The number of halogens is 1. The quantitative estimate of drug-likeness (QED) is 0.901. The van der Waals surface area contributed by atoms with Crippen molar-refractivity contribution in [2.24, 2.45) is 0 Å². The summed E-state index contributed by atoms with van der Waals surface area (Å²) in [5.41, 5.74) is 1.26. The zero-order valence-electron chi connectivity index (χ0n) is 10.6. The molecule has 0 saturated carbocycles. The smallest absolute Gasteiger partial charge is 0.321 e. The number of amides is 2. The lowest BCUT2D eigenvalue weighted by atomic mass is 10.2. The monoisotopic (exact) mass is 258 g/mol. The zero-order valence-corrected chi connectivity index (χ0v) is 10.6. The van der Waals surface area contributed by atoms with Gasteiger partial charge in [0.15, 0.2) is 0 Å². The third-order valence-corrected chi connectivity index (χ3v) is 2.81. The van der Waals surface area contributed by atoms with Crippen molar-refractivity contribution in [1.29, 1.82) is 0 Å². The molecule has 2 aromatic rings. The highest BCUT2D eigenvalue weighted by molar-refractivity contribution is 5.91. The van der Waals surface area contributed by atoms with Gasteiger partial charge in [-0.1, -0.05) is 42.5 Å². The largest absolute Gasteiger partial charge is 0.334 e. The molecule has 0 aliphatic rings. The van der Waals surface area contributed by atoms with Crippen LogP contribution in [0.4, 0.5) is 14.9 Å². The van der Waals surface area contributed by atoms with Crippen LogP contribution in [0.5, 0.6) is 0 Å². The fourth-order valence-electron chi connectivity index (χ4n) is 1.73. The maximum Gasteiger partial charge on any atom is 0.321 e. The number of hydrogen-bond donors (Lipinski definition) is 1. The van der Waals surface area contributed by atoms with Gasteiger partial charge in [-0.25, -0.2) is 9.18 Å². The number of carbonyl (C=O) groups excluding carboxylic acids is 1. The summed E-state index contributed by atoms with van der Waals surface area (Å²) in [5.74, 6) is -0.417. The van der Waals surface area contributed by atoms with E-state index in [-0.39, 0.29) is 11.7 Å². The Morgan fingerprint density at radius 3 is 2.42 bits per heavy atom. The van der Waals surface area contributed by atoms with Crippen LogP contribution in [0.25, 0.3) is 0 Å². The fourth-order valence-corrected chi connectivity index (χ4v) is 1.73. The molecule has 3 nitrogen and oxygen atoms in total. The molecule has 1 N–H and O–H groups in total. The van der Waals surface area contributed by atoms with Crippen LogP contribution in [0.3, 0.4) is 0 Å². The van der Waals surface area contributed by atoms with Crippen LogP contribution < -0.4 is 10.2 Å². The van der Waals surface area contributed by atoms with E-state index >= 15 is 0 Å². The molecule has 0 spiro atoms. The first-order valence-corrected chi connectivity index (χ1v) is 5.98. The van der Waals surface area contributed by atoms with Gasteiger partial charge in [0.25, 0.3) is 0 Å². The molecule has 2 amide bonds. The minimum Gasteiger partial charge on any atom is -0.334 e. The van der Waals surface area contributed by atoms with E-state index in [4.69, 9.17) is 0 Å². The first kappa shape index (κ1) is 13.1. The second-order valence-corrected chi connectivity index (χ2v) is 4.15. The van der Waals surface area contributed by atoms with Crippen LogP contribution in [-0.2, 0) is 6.54 Å². The average molecular weight is 258 g/mol. The summed E-state index contributed by atoms with van der Waals surface area (Å²) in [6.45, 7) is 0.415. The summed E-state index contributed by atoms with van der Waals surface area (Å²) in [4.78, 5) is 13.2. The van der Waals surface area contributed by atoms with E-state index in [0.29, 0.717) is 6.54 Å². The molecule has 0 heterocycles. The van der Waals surface area contributed by atoms with Crippen LogP contribution in [0.15, 0.2) is 54.6 Å². The summed E-state index contributed by atoms with van der Waals surface area (Å²) in [6, 6.07) is 15.4. The van der Waals surface area contributed by atoms with Gasteiger partial charge in [0.2, 0.25) is 0 Å². The average Bonchev–Trinajstić information content (AvgIpc) is 2.45. The van der Waals surface area contributed by atoms with E-state index in [1.807, 2.05) is 30.3 Å². The Labute approximate surface area is 111 Å². The third-order valence-electron chi connectivity index (χ3n) is 2.81. The Kier molecular flexibility index (Phi) is 4.13. The molecule has 0 radical (unpaired) electrons. The summed E-state index contributed by atoms with van der Waals surface area (Å²) in [7, 11) is 1.54. The highest BCUT2D eigenvalue weighted by Gasteiger charge is 2.13. The molecule has 4 heteroatoms. The van der Waals surface area contributed by atoms with Gasteiger partial charge in [0.1, 0.15) is 5.82 Å². The maximum absolute atomic E-state index is 13.5. The minimum absolute atomic E-state index is 0.257. The highest BCUT2D eigenvalue weighted by atomic mass is 19.1. The van der Waals surface area contributed by atoms with Crippen LogP contribution in [-0.4, -0.2) is 13.1 Å². The second-order valence-electron chi connectivity index (χ2n) is 4.15. The molecular formula is C15H15FN2O. The van der Waals surface area contributed by atoms with Crippen molar-refractivity contribution in [1.82, 2.24) is 5.32 Å². The standard InChI is InChI=1S/C15H15FN2O/c1-18(14-10-6-5-9-13(14)16)15(19)17-11-12-7-3-2-4-8-12/h2-10H,11H2,1H3,(H,17,19). The van der Waals surface area contributed by atoms with E-state index in [2.05, 4.69) is 5.32 Å². The van der Waals surface area contributed by atoms with Crippen molar-refractivity contribution in [3.8, 4) is 0 Å². The van der Waals surface area contributed by atoms with E-state index in [1.165, 1.54) is 11.0 Å². The SMILES string of the molecule is CN(C(=O)NCc1ccccc1)c1ccccc1F. The number of benzene rings is 2. The molecule has 0 atom stereocenters. The van der Waals surface area contributed by atoms with E-state index in [1.54, 1.807) is 25.2 Å². The molecule has 0 unspecified atom stereocenters. The number of anilines is 1. The number of hydrogen-bond acceptors (Lipinski definition) is 1. The van der Waals surface area contributed by atoms with E-state index in [0.717, 1.165) is 5.56 Å². The number of urea groups is 1. The Balaban J connectivity index is 1.99. The predicted octanol–water partition coefficient (Wildman–Crippen LogP) is 3.17. The van der Waals surface area contributed by atoms with Crippen LogP contribution in [0.1, 0.15) is 5.56 Å². The summed E-state index contributed by atoms with van der Waals surface area (Å²) >= 11 is 0. The molecule has 0 aromatic heterocycles. The summed E-state index contributed by atoms with van der Waals surface area (Å²) in [6.07, 6.45) is 0. The Bertz CT molecular complexity index is 557. The van der Waals surface area contributed by atoms with Crippen molar-refractivity contribution in [3.63, 3.8) is 0 Å². The van der Waals surface area contributed by atoms with Gasteiger partial charge in [0, 0.05) is 13.6 Å². The topological polar surface area (TPSA) is 32.3 Å². The van der Waals surface area contributed by atoms with E-state index < -0.39 is 5.82 Å². The Hall–Kier alpha value is -2.36. The van der Waals surface area contributed by atoms with Gasteiger partial charge in [0.05, 0.1) is 5.69 Å². The first-order chi connectivity index (χ1) is 9.18. The van der Waals surface area contributed by atoms with Crippen molar-refractivity contribution in [3.05, 3.63) is 66.0 Å². The van der Waals surface area contributed by atoms with Gasteiger partial charge in [-0.3, -0.25) is 4.90 Å². The number of carbonyl (C=O) groups is 1. The van der Waals surface area contributed by atoms with Crippen molar-refractivity contribution >= 4 is 11.7 Å². The van der Waals surface area contributed by atoms with Crippen LogP contribution >= 0.6 is 0 Å². The van der Waals surface area contributed by atoms with Gasteiger partial charge in [-0.05, 0) is 17.7 Å². The second kappa shape index (κ2) is 6.00. The van der Waals surface area contributed by atoms with Crippen molar-refractivity contribution in [2.75, 3.05) is 11.9 Å². The van der Waals surface area contributed by atoms with Gasteiger partial charge in [-0.15, -0.1) is 0 Å². The van der Waals surface area contributed by atoms with Crippen molar-refractivity contribution < 1.29 is 9.18 Å². The third kappa shape index (κ3) is 3.31. The Morgan fingerprint density at radius 1 is 1.11 bits per heavy atom. The molecule has 19 heavy (non-hydrogen) atoms. The number of nitrogens with one attached hydrogen (secondary N) is 1. The lowest BCUT2D eigenvalue weighted by Crippen LogP contribution is -2.37. The number of nitrogens with zero attached hydrogens (tertiary/aromatic N) is 1. The number of para-hydroxylation sites is 1. The first-order valence-electron chi connectivity index (χ1n) is 5.98. The Morgan fingerprint density at radius 2 is 1.74 bits per heavy atom. The molecule has 0 bridgehead atoms. The molecule has 0 aliphatic heterocycles. The van der Waals surface area contributed by atoms with E-state index in [9.17, 15) is 9.18 Å². The lowest BCUT2D eigenvalue weighted by molar-refractivity contribution is 0.247. The van der Waals surface area contributed by atoms with Gasteiger partial charge >= 0.3 is 6.03 Å². The lowest BCUT2D eigenvalue weighted by Gasteiger charge is -2.18. The predicted molar refractivity (Wildman–Crippen MR) is 73.5 cm³/mol. The molecule has 0 fully saturated rings. The molecule has 0 aliphatic carbocycles. The van der Waals surface area contributed by atoms with Crippen LogP contribution in [0, 0.1) is 5.82 Å². The summed E-state index contributed by atoms with van der Waals surface area (Å²) in [5, 5.41) is 2.74. The summed E-state index contributed by atoms with van der Waals surface area (Å²) < 4.78 is 13.5. The zero-order chi connectivity index (χ0) is 13.7. The van der Waals surface area contributed by atoms with Crippen molar-refractivity contribution in [2.45, 2.75) is 6.54 Å². The van der Waals surface area contributed by atoms with Gasteiger partial charge < -0.3 is 5.32 Å². The molecule has 98 valence electrons. The molecule has 0 saturated heterocycles. The van der Waals surface area contributed by atoms with Gasteiger partial charge in [-0.2, -0.15) is 0 Å². The number of rotatable bonds is 3. The highest BCUT2D eigenvalue weighted by Crippen LogP contribution is 2.16. The van der Waals surface area contributed by atoms with Crippen LogP contribution in [0.2, 0.25) is 0 Å². The fraction of sp³-hybridized carbons (Fsp3) is 0.133. The normalized spacial score (nSPS) is 10.0. The molecular weight excluding hydrogens is 243 g/mol. The molecule has 2 rings (SSSR count). The molecule has 2 aromatic carbocycles. The maximum atomic E-state index is 13.5.